The van der Waals surface area contributed by atoms with Gasteiger partial charge in [-0.1, -0.05) is 36.7 Å². The van der Waals surface area contributed by atoms with Gasteiger partial charge in [-0.15, -0.1) is 0 Å². The summed E-state index contributed by atoms with van der Waals surface area (Å²) < 4.78 is 2.31. The molecule has 3 aromatic rings. The number of rotatable bonds is 3. The molecule has 5 heteroatoms. The lowest BCUT2D eigenvalue weighted by Crippen LogP contribution is -2.28. The largest absolute Gasteiger partial charge is 0.365 e. The van der Waals surface area contributed by atoms with Crippen molar-refractivity contribution in [2.75, 3.05) is 0 Å². The number of carbonyl (C=O) groups is 1. The Morgan fingerprint density at radius 3 is 2.29 bits per heavy atom. The van der Waals surface area contributed by atoms with Crippen LogP contribution in [0.1, 0.15) is 58.7 Å². The summed E-state index contributed by atoms with van der Waals surface area (Å²) in [6.07, 6.45) is 1.66. The number of benzene rings is 2. The van der Waals surface area contributed by atoms with E-state index in [9.17, 15) is 4.79 Å². The van der Waals surface area contributed by atoms with E-state index in [1.165, 1.54) is 16.8 Å². The highest BCUT2D eigenvalue weighted by molar-refractivity contribution is 6.30. The third-order valence-electron chi connectivity index (χ3n) is 5.67. The van der Waals surface area contributed by atoms with E-state index in [2.05, 4.69) is 68.6 Å². The molecular weight excluding hydrogens is 408 g/mol. The monoisotopic (exact) mass is 434 g/mol. The van der Waals surface area contributed by atoms with Gasteiger partial charge in [0.25, 0.3) is 0 Å². The normalized spacial score (nSPS) is 16.3. The van der Waals surface area contributed by atoms with E-state index in [1.54, 1.807) is 24.3 Å². The second-order valence-electron chi connectivity index (χ2n) is 9.27. The van der Waals surface area contributed by atoms with Gasteiger partial charge in [0, 0.05) is 27.7 Å². The van der Waals surface area contributed by atoms with Crippen molar-refractivity contribution in [2.45, 2.75) is 47.5 Å². The van der Waals surface area contributed by atoms with Crippen molar-refractivity contribution in [3.05, 3.63) is 87.2 Å². The molecule has 1 aliphatic rings. The SMILES string of the molecule is Cc1cc(C)cc(-n2c(C)cc3c2CC(C)(C)C/C3=N\OC(=O)c2ccc(Cl)cc2)c1. The second kappa shape index (κ2) is 8.01. The molecule has 2 aromatic carbocycles. The number of hydrogen-bond acceptors (Lipinski definition) is 3. The van der Waals surface area contributed by atoms with E-state index in [4.69, 9.17) is 16.4 Å². The van der Waals surface area contributed by atoms with Gasteiger partial charge in [0.2, 0.25) is 0 Å². The van der Waals surface area contributed by atoms with Crippen LogP contribution in [0.2, 0.25) is 5.02 Å². The quantitative estimate of drug-likeness (QED) is 0.344. The standard InChI is InChI=1S/C26H27ClN2O2/c1-16-10-17(2)12-21(11-16)29-18(3)13-22-23(14-26(4,5)15-24(22)29)28-31-25(30)19-6-8-20(27)9-7-19/h6-13H,14-15H2,1-5H3/b28-23+. The molecule has 160 valence electrons. The van der Waals surface area contributed by atoms with Crippen molar-refractivity contribution >= 4 is 23.3 Å². The Morgan fingerprint density at radius 2 is 1.65 bits per heavy atom. The Kier molecular flexibility index (Phi) is 5.52. The summed E-state index contributed by atoms with van der Waals surface area (Å²) in [7, 11) is 0. The lowest BCUT2D eigenvalue weighted by atomic mass is 9.76. The molecule has 1 aromatic heterocycles. The zero-order chi connectivity index (χ0) is 22.3. The van der Waals surface area contributed by atoms with Crippen LogP contribution in [-0.2, 0) is 11.3 Å². The molecule has 0 atom stereocenters. The number of oxime groups is 1. The molecule has 0 fully saturated rings. The van der Waals surface area contributed by atoms with Gasteiger partial charge in [0.15, 0.2) is 0 Å². The topological polar surface area (TPSA) is 43.6 Å². The third-order valence-corrected chi connectivity index (χ3v) is 5.92. The van der Waals surface area contributed by atoms with Crippen LogP contribution in [0.5, 0.6) is 0 Å². The highest BCUT2D eigenvalue weighted by Crippen LogP contribution is 2.38. The average Bonchev–Trinajstić information content (AvgIpc) is 3.00. The number of nitrogens with zero attached hydrogens (tertiary/aromatic N) is 2. The molecule has 4 rings (SSSR count). The predicted octanol–water partition coefficient (Wildman–Crippen LogP) is 6.59. The van der Waals surface area contributed by atoms with Gasteiger partial charge in [-0.3, -0.25) is 0 Å². The van der Waals surface area contributed by atoms with E-state index >= 15 is 0 Å². The zero-order valence-electron chi connectivity index (χ0n) is 18.6. The van der Waals surface area contributed by atoms with E-state index in [1.807, 2.05) is 0 Å². The minimum atomic E-state index is -0.487. The molecule has 0 amide bonds. The van der Waals surface area contributed by atoms with Gasteiger partial charge < -0.3 is 9.40 Å². The maximum atomic E-state index is 12.5. The molecule has 0 N–H and O–H groups in total. The molecule has 0 bridgehead atoms. The highest BCUT2D eigenvalue weighted by Gasteiger charge is 2.34. The van der Waals surface area contributed by atoms with E-state index in [0.29, 0.717) is 10.6 Å². The molecule has 1 heterocycles. The fourth-order valence-electron chi connectivity index (χ4n) is 4.43. The molecule has 4 nitrogen and oxygen atoms in total. The molecule has 0 aliphatic heterocycles. The second-order valence-corrected chi connectivity index (χ2v) is 9.71. The van der Waals surface area contributed by atoms with E-state index in [0.717, 1.165) is 35.5 Å². The minimum absolute atomic E-state index is 0.0000733. The zero-order valence-corrected chi connectivity index (χ0v) is 19.4. The first kappa shape index (κ1) is 21.4. The molecule has 1 aliphatic carbocycles. The number of fused-ring (bicyclic) bond motifs is 1. The fraction of sp³-hybridized carbons (Fsp3) is 0.308. The van der Waals surface area contributed by atoms with Gasteiger partial charge in [-0.2, -0.15) is 0 Å². The Hall–Kier alpha value is -2.85. The summed E-state index contributed by atoms with van der Waals surface area (Å²) >= 11 is 5.91. The molecule has 0 saturated heterocycles. The molecule has 31 heavy (non-hydrogen) atoms. The number of hydrogen-bond donors (Lipinski definition) is 0. The van der Waals surface area contributed by atoms with Crippen molar-refractivity contribution in [1.29, 1.82) is 0 Å². The molecule has 0 radical (unpaired) electrons. The van der Waals surface area contributed by atoms with Crippen LogP contribution in [0.3, 0.4) is 0 Å². The lowest BCUT2D eigenvalue weighted by molar-refractivity contribution is 0.0514. The summed E-state index contributed by atoms with van der Waals surface area (Å²) in [4.78, 5) is 17.8. The first-order valence-corrected chi connectivity index (χ1v) is 10.8. The van der Waals surface area contributed by atoms with Crippen LogP contribution in [-0.4, -0.2) is 16.2 Å². The average molecular weight is 435 g/mol. The van der Waals surface area contributed by atoms with Gasteiger partial charge in [-0.05, 0) is 92.6 Å². The Bertz CT molecular complexity index is 1170. The van der Waals surface area contributed by atoms with Crippen LogP contribution >= 0.6 is 11.6 Å². The fourth-order valence-corrected chi connectivity index (χ4v) is 4.56. The number of aryl methyl sites for hydroxylation is 3. The van der Waals surface area contributed by atoms with Crippen molar-refractivity contribution < 1.29 is 9.63 Å². The first-order valence-electron chi connectivity index (χ1n) is 10.5. The van der Waals surface area contributed by atoms with Crippen molar-refractivity contribution in [3.8, 4) is 5.69 Å². The van der Waals surface area contributed by atoms with Crippen molar-refractivity contribution in [2.24, 2.45) is 10.6 Å². The van der Waals surface area contributed by atoms with Crippen LogP contribution in [0.15, 0.2) is 53.7 Å². The smallest absolute Gasteiger partial charge is 0.318 e. The van der Waals surface area contributed by atoms with Crippen molar-refractivity contribution in [1.82, 2.24) is 4.57 Å². The molecule has 0 saturated carbocycles. The van der Waals surface area contributed by atoms with E-state index in [-0.39, 0.29) is 5.41 Å². The Labute approximate surface area is 188 Å². The number of carbonyl (C=O) groups excluding carboxylic acids is 1. The summed E-state index contributed by atoms with van der Waals surface area (Å²) in [5.74, 6) is -0.487. The van der Waals surface area contributed by atoms with Gasteiger partial charge >= 0.3 is 5.97 Å². The maximum absolute atomic E-state index is 12.5. The van der Waals surface area contributed by atoms with Crippen molar-refractivity contribution in [3.63, 3.8) is 0 Å². The maximum Gasteiger partial charge on any atom is 0.365 e. The molecular formula is C26H27ClN2O2. The Morgan fingerprint density at radius 1 is 1.00 bits per heavy atom. The van der Waals surface area contributed by atoms with Crippen LogP contribution < -0.4 is 0 Å². The van der Waals surface area contributed by atoms with Crippen LogP contribution in [0.25, 0.3) is 5.69 Å². The Balaban J connectivity index is 1.73. The molecule has 0 unspecified atom stereocenters. The third kappa shape index (κ3) is 4.45. The van der Waals surface area contributed by atoms with Gasteiger partial charge in [0.1, 0.15) is 0 Å². The predicted molar refractivity (Wildman–Crippen MR) is 125 cm³/mol. The van der Waals surface area contributed by atoms with E-state index < -0.39 is 5.97 Å². The lowest BCUT2D eigenvalue weighted by Gasteiger charge is -2.31. The minimum Gasteiger partial charge on any atom is -0.318 e. The number of halogens is 1. The summed E-state index contributed by atoms with van der Waals surface area (Å²) in [5.41, 5.74) is 8.26. The number of aromatic nitrogens is 1. The van der Waals surface area contributed by atoms with Gasteiger partial charge in [-0.25, -0.2) is 4.79 Å². The highest BCUT2D eigenvalue weighted by atomic mass is 35.5. The molecule has 0 spiro atoms. The van der Waals surface area contributed by atoms with Crippen LogP contribution in [0.4, 0.5) is 0 Å². The van der Waals surface area contributed by atoms with Crippen LogP contribution in [0, 0.1) is 26.2 Å². The summed E-state index contributed by atoms with van der Waals surface area (Å²) in [6.45, 7) is 10.8. The van der Waals surface area contributed by atoms with Gasteiger partial charge in [0.05, 0.1) is 11.3 Å². The summed E-state index contributed by atoms with van der Waals surface area (Å²) in [5, 5.41) is 4.90. The summed E-state index contributed by atoms with van der Waals surface area (Å²) in [6, 6.07) is 15.4. The first-order chi connectivity index (χ1) is 14.6.